The maximum atomic E-state index is 9.27. The first-order valence-electron chi connectivity index (χ1n) is 6.31. The van der Waals surface area contributed by atoms with E-state index < -0.39 is 0 Å². The van der Waals surface area contributed by atoms with Gasteiger partial charge in [-0.25, -0.2) is 9.97 Å². The van der Waals surface area contributed by atoms with Crippen LogP contribution in [0.15, 0.2) is 30.7 Å². The van der Waals surface area contributed by atoms with E-state index in [4.69, 9.17) is 0 Å². The Morgan fingerprint density at radius 2 is 2.26 bits per heavy atom. The minimum Gasteiger partial charge on any atom is -0.366 e. The molecule has 19 heavy (non-hydrogen) atoms. The van der Waals surface area contributed by atoms with E-state index in [0.29, 0.717) is 0 Å². The summed E-state index contributed by atoms with van der Waals surface area (Å²) >= 11 is 0. The predicted octanol–water partition coefficient (Wildman–Crippen LogP) is 2.22. The molecule has 3 rings (SSSR count). The molecule has 0 radical (unpaired) electrons. The summed E-state index contributed by atoms with van der Waals surface area (Å²) < 4.78 is 0. The topological polar surface area (TPSA) is 52.8 Å². The zero-order chi connectivity index (χ0) is 13.2. The van der Waals surface area contributed by atoms with E-state index >= 15 is 0 Å². The van der Waals surface area contributed by atoms with Crippen molar-refractivity contribution in [3.05, 3.63) is 53.1 Å². The molecule has 0 spiro atoms. The summed E-state index contributed by atoms with van der Waals surface area (Å²) in [5, 5.41) is 9.27. The van der Waals surface area contributed by atoms with Crippen LogP contribution >= 0.6 is 0 Å². The third-order valence-electron chi connectivity index (χ3n) is 3.47. The van der Waals surface area contributed by atoms with Gasteiger partial charge in [0.05, 0.1) is 16.9 Å². The molecular weight excluding hydrogens is 236 g/mol. The Morgan fingerprint density at radius 3 is 3.11 bits per heavy atom. The quantitative estimate of drug-likeness (QED) is 0.778. The van der Waals surface area contributed by atoms with Crippen LogP contribution in [0, 0.1) is 18.3 Å². The first kappa shape index (κ1) is 11.7. The van der Waals surface area contributed by atoms with Crippen LogP contribution in [0.25, 0.3) is 0 Å². The average Bonchev–Trinajstić information content (AvgIpc) is 2.46. The number of nitriles is 1. The maximum Gasteiger partial charge on any atom is 0.115 e. The van der Waals surface area contributed by atoms with Crippen molar-refractivity contribution in [1.82, 2.24) is 9.97 Å². The van der Waals surface area contributed by atoms with E-state index in [-0.39, 0.29) is 0 Å². The van der Waals surface area contributed by atoms with Crippen molar-refractivity contribution in [2.24, 2.45) is 0 Å². The van der Waals surface area contributed by atoms with Gasteiger partial charge in [0.15, 0.2) is 0 Å². The van der Waals surface area contributed by atoms with Gasteiger partial charge in [0.25, 0.3) is 0 Å². The molecular formula is C15H14N4. The zero-order valence-electron chi connectivity index (χ0n) is 10.8. The lowest BCUT2D eigenvalue weighted by Gasteiger charge is -2.30. The summed E-state index contributed by atoms with van der Waals surface area (Å²) in [6, 6.07) is 8.30. The molecule has 2 heterocycles. The van der Waals surface area contributed by atoms with Gasteiger partial charge < -0.3 is 4.90 Å². The second-order valence-electron chi connectivity index (χ2n) is 4.80. The molecule has 0 aliphatic carbocycles. The predicted molar refractivity (Wildman–Crippen MR) is 72.7 cm³/mol. The Hall–Kier alpha value is -2.41. The summed E-state index contributed by atoms with van der Waals surface area (Å²) in [7, 11) is 0. The van der Waals surface area contributed by atoms with Crippen LogP contribution < -0.4 is 4.90 Å². The minimum atomic E-state index is 0.736. The average molecular weight is 250 g/mol. The molecule has 94 valence electrons. The first-order chi connectivity index (χ1) is 9.28. The van der Waals surface area contributed by atoms with Crippen molar-refractivity contribution >= 4 is 5.69 Å². The van der Waals surface area contributed by atoms with Crippen molar-refractivity contribution in [2.75, 3.05) is 11.4 Å². The van der Waals surface area contributed by atoms with Crippen molar-refractivity contribution in [3.8, 4) is 6.07 Å². The molecule has 1 aromatic carbocycles. The SMILES string of the molecule is Cc1ccc(N2CCc3ncncc3C2)c(C#N)c1. The molecule has 0 saturated carbocycles. The molecule has 4 nitrogen and oxygen atoms in total. The fourth-order valence-corrected chi connectivity index (χ4v) is 2.49. The van der Waals surface area contributed by atoms with Gasteiger partial charge in [0.2, 0.25) is 0 Å². The molecule has 1 aliphatic rings. The lowest BCUT2D eigenvalue weighted by molar-refractivity contribution is 0.704. The summed E-state index contributed by atoms with van der Waals surface area (Å²) in [5.41, 5.74) is 5.12. The van der Waals surface area contributed by atoms with Gasteiger partial charge in [-0.15, -0.1) is 0 Å². The highest BCUT2D eigenvalue weighted by Crippen LogP contribution is 2.26. The molecule has 1 aliphatic heterocycles. The largest absolute Gasteiger partial charge is 0.366 e. The smallest absolute Gasteiger partial charge is 0.115 e. The molecule has 0 N–H and O–H groups in total. The molecule has 0 fully saturated rings. The Labute approximate surface area is 112 Å². The molecule has 0 bridgehead atoms. The second-order valence-corrected chi connectivity index (χ2v) is 4.80. The van der Waals surface area contributed by atoms with Crippen LogP contribution in [0.4, 0.5) is 5.69 Å². The fraction of sp³-hybridized carbons (Fsp3) is 0.267. The zero-order valence-corrected chi connectivity index (χ0v) is 10.8. The number of aromatic nitrogens is 2. The van der Waals surface area contributed by atoms with Gasteiger partial charge in [-0.1, -0.05) is 6.07 Å². The summed E-state index contributed by atoms with van der Waals surface area (Å²) in [6.07, 6.45) is 4.37. The highest BCUT2D eigenvalue weighted by atomic mass is 15.1. The third-order valence-corrected chi connectivity index (χ3v) is 3.47. The van der Waals surface area contributed by atoms with Crippen LogP contribution in [0.2, 0.25) is 0 Å². The molecule has 0 saturated heterocycles. The number of fused-ring (bicyclic) bond motifs is 1. The van der Waals surface area contributed by atoms with Gasteiger partial charge in [0, 0.05) is 31.3 Å². The Bertz CT molecular complexity index is 657. The van der Waals surface area contributed by atoms with Crippen LogP contribution in [0.1, 0.15) is 22.4 Å². The molecule has 0 unspecified atom stereocenters. The van der Waals surface area contributed by atoms with E-state index in [0.717, 1.165) is 47.6 Å². The van der Waals surface area contributed by atoms with Gasteiger partial charge in [-0.2, -0.15) is 5.26 Å². The maximum absolute atomic E-state index is 9.27. The Balaban J connectivity index is 1.96. The number of hydrogen-bond donors (Lipinski definition) is 0. The van der Waals surface area contributed by atoms with Gasteiger partial charge in [-0.3, -0.25) is 0 Å². The van der Waals surface area contributed by atoms with Crippen LogP contribution in [-0.2, 0) is 13.0 Å². The fourth-order valence-electron chi connectivity index (χ4n) is 2.49. The van der Waals surface area contributed by atoms with Crippen molar-refractivity contribution in [3.63, 3.8) is 0 Å². The van der Waals surface area contributed by atoms with Crippen LogP contribution in [0.5, 0.6) is 0 Å². The number of rotatable bonds is 1. The van der Waals surface area contributed by atoms with Crippen molar-refractivity contribution in [2.45, 2.75) is 19.9 Å². The van der Waals surface area contributed by atoms with Gasteiger partial charge in [-0.05, 0) is 24.6 Å². The normalized spacial score (nSPS) is 13.8. The van der Waals surface area contributed by atoms with E-state index in [1.807, 2.05) is 31.3 Å². The Morgan fingerprint density at radius 1 is 1.37 bits per heavy atom. The molecule has 1 aromatic heterocycles. The molecule has 0 amide bonds. The lowest BCUT2D eigenvalue weighted by Crippen LogP contribution is -2.31. The number of hydrogen-bond acceptors (Lipinski definition) is 4. The highest BCUT2D eigenvalue weighted by Gasteiger charge is 2.19. The van der Waals surface area contributed by atoms with Crippen LogP contribution in [-0.4, -0.2) is 16.5 Å². The number of nitrogens with zero attached hydrogens (tertiary/aromatic N) is 4. The second kappa shape index (κ2) is 4.69. The summed E-state index contributed by atoms with van der Waals surface area (Å²) in [6.45, 7) is 3.67. The van der Waals surface area contributed by atoms with E-state index in [1.165, 1.54) is 0 Å². The summed E-state index contributed by atoms with van der Waals surface area (Å²) in [4.78, 5) is 10.6. The van der Waals surface area contributed by atoms with Crippen molar-refractivity contribution in [1.29, 1.82) is 5.26 Å². The van der Waals surface area contributed by atoms with E-state index in [9.17, 15) is 5.26 Å². The van der Waals surface area contributed by atoms with Gasteiger partial charge in [0.1, 0.15) is 12.4 Å². The monoisotopic (exact) mass is 250 g/mol. The van der Waals surface area contributed by atoms with Gasteiger partial charge >= 0.3 is 0 Å². The van der Waals surface area contributed by atoms with Crippen molar-refractivity contribution < 1.29 is 0 Å². The minimum absolute atomic E-state index is 0.736. The molecule has 2 aromatic rings. The highest BCUT2D eigenvalue weighted by molar-refractivity contribution is 5.61. The standard InChI is InChI=1S/C15H14N4/c1-11-2-3-15(12(6-11)7-16)19-5-4-14-13(9-19)8-17-10-18-14/h2-3,6,8,10H,4-5,9H2,1H3. The number of aryl methyl sites for hydroxylation is 1. The number of benzene rings is 1. The van der Waals surface area contributed by atoms with E-state index in [1.54, 1.807) is 6.33 Å². The molecule has 4 heteroatoms. The molecule has 0 atom stereocenters. The lowest BCUT2D eigenvalue weighted by atomic mass is 10.0. The van der Waals surface area contributed by atoms with E-state index in [2.05, 4.69) is 20.9 Å². The first-order valence-corrected chi connectivity index (χ1v) is 6.31. The number of anilines is 1. The summed E-state index contributed by atoms with van der Waals surface area (Å²) in [5.74, 6) is 0. The van der Waals surface area contributed by atoms with Crippen LogP contribution in [0.3, 0.4) is 0 Å². The Kier molecular flexibility index (Phi) is 2.88. The third kappa shape index (κ3) is 2.15.